The molecular formula is C46H62O2. The van der Waals surface area contributed by atoms with E-state index in [9.17, 15) is 10.2 Å². The predicted molar refractivity (Wildman–Crippen MR) is 214 cm³/mol. The maximum absolute atomic E-state index is 9.84. The molecule has 0 aromatic heterocycles. The van der Waals surface area contributed by atoms with E-state index in [0.717, 1.165) is 28.7 Å². The van der Waals surface area contributed by atoms with Crippen LogP contribution >= 0.6 is 0 Å². The van der Waals surface area contributed by atoms with Gasteiger partial charge in [-0.05, 0) is 86.2 Å². The van der Waals surface area contributed by atoms with E-state index in [1.54, 1.807) is 12.1 Å². The Morgan fingerprint density at radius 2 is 0.958 bits per heavy atom. The van der Waals surface area contributed by atoms with Crippen LogP contribution in [0.4, 0.5) is 0 Å². The topological polar surface area (TPSA) is 40.5 Å². The number of rotatable bonds is 8. The van der Waals surface area contributed by atoms with Gasteiger partial charge in [0.2, 0.25) is 0 Å². The van der Waals surface area contributed by atoms with Gasteiger partial charge in [0.05, 0.1) is 0 Å². The lowest BCUT2D eigenvalue weighted by Crippen LogP contribution is -2.19. The molecule has 0 spiro atoms. The largest absolute Gasteiger partial charge is 0.362 e. The van der Waals surface area contributed by atoms with Crippen molar-refractivity contribution in [3.05, 3.63) is 145 Å². The van der Waals surface area contributed by atoms with E-state index >= 15 is 0 Å². The van der Waals surface area contributed by atoms with Crippen LogP contribution in [0.25, 0.3) is 33.4 Å². The Morgan fingerprint density at radius 1 is 0.562 bits per heavy atom. The first-order valence-electron chi connectivity index (χ1n) is 17.3. The van der Waals surface area contributed by atoms with E-state index in [2.05, 4.69) is 135 Å². The number of hydrogen-bond acceptors (Lipinski definition) is 2. The van der Waals surface area contributed by atoms with Gasteiger partial charge in [-0.1, -0.05) is 173 Å². The molecule has 2 heteroatoms. The monoisotopic (exact) mass is 646 g/mol. The molecule has 0 aliphatic rings. The molecule has 0 unspecified atom stereocenters. The minimum atomic E-state index is -1.85. The quantitative estimate of drug-likeness (QED) is 0.148. The van der Waals surface area contributed by atoms with Crippen molar-refractivity contribution in [2.45, 2.75) is 100 Å². The molecule has 0 saturated heterocycles. The van der Waals surface area contributed by atoms with Gasteiger partial charge in [0.1, 0.15) is 0 Å². The van der Waals surface area contributed by atoms with Crippen molar-refractivity contribution >= 4 is 11.1 Å². The molecule has 2 N–H and O–H groups in total. The number of aliphatic hydroxyl groups is 2. The van der Waals surface area contributed by atoms with Crippen LogP contribution in [0.5, 0.6) is 0 Å². The van der Waals surface area contributed by atoms with E-state index in [-0.39, 0.29) is 10.8 Å². The van der Waals surface area contributed by atoms with Crippen LogP contribution in [0, 0.1) is 5.41 Å². The van der Waals surface area contributed by atoms with Crippen LogP contribution in [-0.2, 0) is 17.6 Å². The van der Waals surface area contributed by atoms with E-state index in [4.69, 9.17) is 0 Å². The minimum absolute atomic E-state index is 0.0122. The standard InChI is InChI=1S/C40H46O2.2C2H6.C2H4/c1-27(23-28(2)30-19-21-33(22-20-30)40(9,41)42)29-15-17-32(18-16-29)36-25-34(39(6,7)8)24-35(31-13-11-10-12-14-31)37(36)26-38(3,4)5;3*1-2/h10-22,24-25,41-42H,1-2,23,26H2,3-9H3;2*1-2H3;1-2H2. The first kappa shape index (κ1) is 42.0. The first-order valence-corrected chi connectivity index (χ1v) is 17.3. The van der Waals surface area contributed by atoms with Crippen LogP contribution in [0.1, 0.15) is 110 Å². The summed E-state index contributed by atoms with van der Waals surface area (Å²) in [5.41, 5.74) is 12.3. The maximum atomic E-state index is 9.84. The average Bonchev–Trinajstić information content (AvgIpc) is 3.06. The van der Waals surface area contributed by atoms with Gasteiger partial charge in [-0.15, -0.1) is 13.2 Å². The smallest absolute Gasteiger partial charge is 0.186 e. The summed E-state index contributed by atoms with van der Waals surface area (Å²) in [6.07, 6.45) is 1.59. The Balaban J connectivity index is 0.00000182. The molecule has 4 aromatic carbocycles. The average molecular weight is 647 g/mol. The van der Waals surface area contributed by atoms with Crippen LogP contribution < -0.4 is 0 Å². The van der Waals surface area contributed by atoms with Gasteiger partial charge in [-0.3, -0.25) is 0 Å². The molecule has 258 valence electrons. The lowest BCUT2D eigenvalue weighted by molar-refractivity contribution is -0.152. The summed E-state index contributed by atoms with van der Waals surface area (Å²) < 4.78 is 0. The Labute approximate surface area is 293 Å². The van der Waals surface area contributed by atoms with Gasteiger partial charge in [-0.2, -0.15) is 0 Å². The molecular weight excluding hydrogens is 585 g/mol. The molecule has 0 amide bonds. The van der Waals surface area contributed by atoms with Gasteiger partial charge in [0.15, 0.2) is 5.79 Å². The SMILES string of the molecule is C=C.C=C(CC(=C)c1ccc(C(C)(O)O)cc1)c1ccc(-c2cc(C(C)(C)C)cc(-c3ccccc3)c2CC(C)(C)C)cc1.CC.CC. The van der Waals surface area contributed by atoms with Crippen molar-refractivity contribution in [2.75, 3.05) is 0 Å². The molecule has 0 heterocycles. The first-order chi connectivity index (χ1) is 22.5. The van der Waals surface area contributed by atoms with Gasteiger partial charge in [0, 0.05) is 5.56 Å². The molecule has 0 saturated carbocycles. The van der Waals surface area contributed by atoms with Crippen molar-refractivity contribution in [1.82, 2.24) is 0 Å². The van der Waals surface area contributed by atoms with Crippen molar-refractivity contribution in [2.24, 2.45) is 5.41 Å². The molecule has 0 bridgehead atoms. The fourth-order valence-electron chi connectivity index (χ4n) is 5.33. The molecule has 4 rings (SSSR count). The second-order valence-corrected chi connectivity index (χ2v) is 14.0. The van der Waals surface area contributed by atoms with Crippen LogP contribution in [-0.4, -0.2) is 10.2 Å². The highest BCUT2D eigenvalue weighted by Crippen LogP contribution is 2.41. The lowest BCUT2D eigenvalue weighted by Gasteiger charge is -2.28. The molecule has 0 radical (unpaired) electrons. The lowest BCUT2D eigenvalue weighted by atomic mass is 9.77. The zero-order chi connectivity index (χ0) is 36.9. The van der Waals surface area contributed by atoms with Crippen molar-refractivity contribution in [1.29, 1.82) is 0 Å². The van der Waals surface area contributed by atoms with Crippen LogP contribution in [0.15, 0.2) is 117 Å². The number of hydrogen-bond donors (Lipinski definition) is 2. The highest BCUT2D eigenvalue weighted by atomic mass is 16.5. The minimum Gasteiger partial charge on any atom is -0.362 e. The third-order valence-corrected chi connectivity index (χ3v) is 7.78. The molecule has 0 aliphatic heterocycles. The Morgan fingerprint density at radius 3 is 1.33 bits per heavy atom. The summed E-state index contributed by atoms with van der Waals surface area (Å²) in [6, 6.07) is 31.6. The van der Waals surface area contributed by atoms with Crippen LogP contribution in [0.3, 0.4) is 0 Å². The summed E-state index contributed by atoms with van der Waals surface area (Å²) in [5.74, 6) is -1.85. The zero-order valence-corrected chi connectivity index (χ0v) is 31.8. The Bertz CT molecular complexity index is 1570. The zero-order valence-electron chi connectivity index (χ0n) is 31.8. The van der Waals surface area contributed by atoms with E-state index in [1.165, 1.54) is 40.3 Å². The molecule has 2 nitrogen and oxygen atoms in total. The number of benzene rings is 4. The fourth-order valence-corrected chi connectivity index (χ4v) is 5.33. The fraction of sp³-hybridized carbons (Fsp3) is 0.348. The van der Waals surface area contributed by atoms with Crippen molar-refractivity contribution < 1.29 is 10.2 Å². The summed E-state index contributed by atoms with van der Waals surface area (Å²) in [5, 5.41) is 19.7. The second kappa shape index (κ2) is 18.5. The Kier molecular flexibility index (Phi) is 16.2. The van der Waals surface area contributed by atoms with E-state index in [0.29, 0.717) is 12.0 Å². The summed E-state index contributed by atoms with van der Waals surface area (Å²) >= 11 is 0. The van der Waals surface area contributed by atoms with Crippen LogP contribution in [0.2, 0.25) is 0 Å². The van der Waals surface area contributed by atoms with Crippen molar-refractivity contribution in [3.8, 4) is 22.3 Å². The highest BCUT2D eigenvalue weighted by molar-refractivity contribution is 5.82. The second-order valence-electron chi connectivity index (χ2n) is 14.0. The molecule has 0 fully saturated rings. The van der Waals surface area contributed by atoms with Gasteiger partial charge in [0.25, 0.3) is 0 Å². The molecule has 4 aromatic rings. The summed E-state index contributed by atoms with van der Waals surface area (Å²) in [7, 11) is 0. The molecule has 0 atom stereocenters. The normalized spacial score (nSPS) is 11.1. The highest BCUT2D eigenvalue weighted by Gasteiger charge is 2.24. The van der Waals surface area contributed by atoms with Gasteiger partial charge >= 0.3 is 0 Å². The third kappa shape index (κ3) is 11.9. The van der Waals surface area contributed by atoms with E-state index < -0.39 is 5.79 Å². The maximum Gasteiger partial charge on any atom is 0.186 e. The van der Waals surface area contributed by atoms with Gasteiger partial charge < -0.3 is 10.2 Å². The van der Waals surface area contributed by atoms with Crippen molar-refractivity contribution in [3.63, 3.8) is 0 Å². The molecule has 48 heavy (non-hydrogen) atoms. The predicted octanol–water partition coefficient (Wildman–Crippen LogP) is 13.0. The molecule has 0 aliphatic carbocycles. The summed E-state index contributed by atoms with van der Waals surface area (Å²) in [4.78, 5) is 0. The summed E-state index contributed by atoms with van der Waals surface area (Å²) in [6.45, 7) is 37.8. The van der Waals surface area contributed by atoms with Gasteiger partial charge in [-0.25, -0.2) is 0 Å². The number of allylic oxidation sites excluding steroid dienone is 2. The Hall–Kier alpha value is -3.98. The third-order valence-electron chi connectivity index (χ3n) is 7.78. The van der Waals surface area contributed by atoms with E-state index in [1.807, 2.05) is 39.8 Å².